The molecular formula is C26H35N3O10S. The molecule has 0 spiro atoms. The van der Waals surface area contributed by atoms with Gasteiger partial charge in [0.15, 0.2) is 11.4 Å². The maximum Gasteiger partial charge on any atom is 0.420 e. The number of hydrogen-bond donors (Lipinski definition) is 0. The van der Waals surface area contributed by atoms with Gasteiger partial charge in [-0.05, 0) is 59.2 Å². The van der Waals surface area contributed by atoms with Gasteiger partial charge in [-0.2, -0.15) is 8.42 Å². The first kappa shape index (κ1) is 30.9. The first-order chi connectivity index (χ1) is 18.7. The van der Waals surface area contributed by atoms with E-state index >= 15 is 0 Å². The van der Waals surface area contributed by atoms with Crippen LogP contribution < -0.4 is 4.90 Å². The monoisotopic (exact) mass is 581 g/mol. The SMILES string of the molecule is CCOC(=O)C(OS(C)(=O)=O)=C(C(=O)OCC)c1nc2c(C)cc(N3CCOCC3)cc2n1C(=O)OC(C)(C)C. The predicted octanol–water partition coefficient (Wildman–Crippen LogP) is 2.78. The molecule has 220 valence electrons. The van der Waals surface area contributed by atoms with E-state index in [0.29, 0.717) is 43.6 Å². The zero-order chi connectivity index (χ0) is 29.8. The number of morpholine rings is 1. The molecule has 0 radical (unpaired) electrons. The van der Waals surface area contributed by atoms with Crippen LogP contribution in [-0.2, 0) is 42.8 Å². The van der Waals surface area contributed by atoms with Gasteiger partial charge in [-0.25, -0.2) is 23.9 Å². The molecule has 0 aliphatic carbocycles. The van der Waals surface area contributed by atoms with Crippen LogP contribution in [0.25, 0.3) is 16.6 Å². The molecule has 13 nitrogen and oxygen atoms in total. The number of carbonyl (C=O) groups excluding carboxylic acids is 3. The van der Waals surface area contributed by atoms with Gasteiger partial charge < -0.3 is 28.0 Å². The van der Waals surface area contributed by atoms with Crippen molar-refractivity contribution in [2.24, 2.45) is 0 Å². The average molecular weight is 582 g/mol. The highest BCUT2D eigenvalue weighted by Crippen LogP contribution is 2.32. The zero-order valence-electron chi connectivity index (χ0n) is 23.7. The van der Waals surface area contributed by atoms with Crippen molar-refractivity contribution in [3.63, 3.8) is 0 Å². The number of fused-ring (bicyclic) bond motifs is 1. The third-order valence-electron chi connectivity index (χ3n) is 5.51. The fourth-order valence-electron chi connectivity index (χ4n) is 4.01. The highest BCUT2D eigenvalue weighted by molar-refractivity contribution is 7.86. The lowest BCUT2D eigenvalue weighted by Gasteiger charge is -2.29. The van der Waals surface area contributed by atoms with Gasteiger partial charge in [0.2, 0.25) is 5.76 Å². The Kier molecular flexibility index (Phi) is 9.46. The van der Waals surface area contributed by atoms with Crippen LogP contribution in [0.4, 0.5) is 10.5 Å². The van der Waals surface area contributed by atoms with Crippen LogP contribution in [-0.4, -0.2) is 87.4 Å². The molecule has 2 aromatic rings. The summed E-state index contributed by atoms with van der Waals surface area (Å²) >= 11 is 0. The molecule has 1 aromatic heterocycles. The molecule has 2 heterocycles. The van der Waals surface area contributed by atoms with Crippen molar-refractivity contribution < 1.29 is 45.9 Å². The molecule has 0 amide bonds. The van der Waals surface area contributed by atoms with Crippen LogP contribution in [0.2, 0.25) is 0 Å². The topological polar surface area (TPSA) is 153 Å². The van der Waals surface area contributed by atoms with Crippen molar-refractivity contribution in [2.75, 3.05) is 50.7 Å². The summed E-state index contributed by atoms with van der Waals surface area (Å²) in [6.07, 6.45) is -0.224. The summed E-state index contributed by atoms with van der Waals surface area (Å²) in [4.78, 5) is 46.5. The number of rotatable bonds is 8. The summed E-state index contributed by atoms with van der Waals surface area (Å²) in [6.45, 7) is 11.7. The van der Waals surface area contributed by atoms with Gasteiger partial charge in [0.05, 0.1) is 43.7 Å². The van der Waals surface area contributed by atoms with Crippen molar-refractivity contribution >= 4 is 50.4 Å². The second kappa shape index (κ2) is 12.3. The second-order valence-electron chi connectivity index (χ2n) is 9.91. The number of esters is 2. The summed E-state index contributed by atoms with van der Waals surface area (Å²) in [5, 5.41) is 0. The van der Waals surface area contributed by atoms with Crippen molar-refractivity contribution in [1.82, 2.24) is 9.55 Å². The van der Waals surface area contributed by atoms with Crippen molar-refractivity contribution in [1.29, 1.82) is 0 Å². The molecule has 0 N–H and O–H groups in total. The van der Waals surface area contributed by atoms with Gasteiger partial charge in [-0.15, -0.1) is 0 Å². The van der Waals surface area contributed by atoms with Gasteiger partial charge in [0.25, 0.3) is 0 Å². The predicted molar refractivity (Wildman–Crippen MR) is 145 cm³/mol. The van der Waals surface area contributed by atoms with Crippen LogP contribution in [0.15, 0.2) is 17.9 Å². The molecule has 1 aromatic carbocycles. The first-order valence-corrected chi connectivity index (χ1v) is 14.6. The number of hydrogen-bond acceptors (Lipinski definition) is 12. The van der Waals surface area contributed by atoms with Crippen LogP contribution in [0, 0.1) is 6.92 Å². The number of nitrogens with zero attached hydrogens (tertiary/aromatic N) is 3. The van der Waals surface area contributed by atoms with Crippen molar-refractivity contribution in [2.45, 2.75) is 47.1 Å². The molecule has 1 aliphatic rings. The van der Waals surface area contributed by atoms with E-state index < -0.39 is 50.9 Å². The lowest BCUT2D eigenvalue weighted by atomic mass is 10.1. The van der Waals surface area contributed by atoms with Gasteiger partial charge in [0.1, 0.15) is 5.60 Å². The van der Waals surface area contributed by atoms with E-state index in [1.165, 1.54) is 13.8 Å². The fraction of sp³-hybridized carbons (Fsp3) is 0.538. The molecule has 14 heteroatoms. The largest absolute Gasteiger partial charge is 0.462 e. The van der Waals surface area contributed by atoms with Gasteiger partial charge in [-0.3, -0.25) is 0 Å². The smallest absolute Gasteiger partial charge is 0.420 e. The number of benzene rings is 1. The maximum absolute atomic E-state index is 13.7. The van der Waals surface area contributed by atoms with Gasteiger partial charge >= 0.3 is 28.1 Å². The van der Waals surface area contributed by atoms with E-state index in [1.807, 2.05) is 6.07 Å². The van der Waals surface area contributed by atoms with E-state index in [1.54, 1.807) is 33.8 Å². The van der Waals surface area contributed by atoms with Crippen molar-refractivity contribution in [3.05, 3.63) is 29.3 Å². The Morgan fingerprint density at radius 2 is 1.62 bits per heavy atom. The summed E-state index contributed by atoms with van der Waals surface area (Å²) < 4.78 is 51.5. The molecule has 0 bridgehead atoms. The normalized spacial score (nSPS) is 14.9. The minimum absolute atomic E-state index is 0.135. The number of imidazole rings is 1. The Balaban J connectivity index is 2.45. The molecule has 40 heavy (non-hydrogen) atoms. The average Bonchev–Trinajstić information content (AvgIpc) is 3.22. The van der Waals surface area contributed by atoms with Crippen LogP contribution in [0.5, 0.6) is 0 Å². The Morgan fingerprint density at radius 3 is 2.17 bits per heavy atom. The molecule has 0 atom stereocenters. The number of carbonyl (C=O) groups is 3. The number of aryl methyl sites for hydroxylation is 1. The van der Waals surface area contributed by atoms with Crippen LogP contribution in [0.3, 0.4) is 0 Å². The lowest BCUT2D eigenvalue weighted by molar-refractivity contribution is -0.142. The summed E-state index contributed by atoms with van der Waals surface area (Å²) in [7, 11) is -4.35. The highest BCUT2D eigenvalue weighted by Gasteiger charge is 2.36. The summed E-state index contributed by atoms with van der Waals surface area (Å²) in [6, 6.07) is 3.58. The Labute approximate surface area is 233 Å². The first-order valence-electron chi connectivity index (χ1n) is 12.7. The number of aromatic nitrogens is 2. The third kappa shape index (κ3) is 7.30. The molecule has 1 saturated heterocycles. The second-order valence-corrected chi connectivity index (χ2v) is 11.5. The van der Waals surface area contributed by atoms with E-state index in [9.17, 15) is 22.8 Å². The van der Waals surface area contributed by atoms with Gasteiger partial charge in [-0.1, -0.05) is 0 Å². The standard InChI is InChI=1S/C26H35N3O10S/c1-8-36-23(30)19(21(24(31)37-9-2)39-40(7,33)34)22-27-20-16(3)14-17(28-10-12-35-13-11-28)15-18(20)29(22)25(32)38-26(4,5)6/h14-15H,8-13H2,1-7H3. The number of anilines is 1. The molecule has 3 rings (SSSR count). The van der Waals surface area contributed by atoms with Crippen LogP contribution >= 0.6 is 0 Å². The Hall–Kier alpha value is -3.65. The molecular weight excluding hydrogens is 546 g/mol. The molecule has 1 fully saturated rings. The van der Waals surface area contributed by atoms with Crippen LogP contribution in [0.1, 0.15) is 46.0 Å². The van der Waals surface area contributed by atoms with Gasteiger partial charge in [0, 0.05) is 18.8 Å². The zero-order valence-corrected chi connectivity index (χ0v) is 24.5. The van der Waals surface area contributed by atoms with E-state index in [2.05, 4.69) is 9.88 Å². The van der Waals surface area contributed by atoms with E-state index in [4.69, 9.17) is 23.1 Å². The quantitative estimate of drug-likeness (QED) is 0.148. The minimum Gasteiger partial charge on any atom is -0.462 e. The fourth-order valence-corrected chi connectivity index (χ4v) is 4.46. The molecule has 0 saturated carbocycles. The Morgan fingerprint density at radius 1 is 1.02 bits per heavy atom. The minimum atomic E-state index is -4.35. The summed E-state index contributed by atoms with van der Waals surface area (Å²) in [5.74, 6) is -3.81. The number of ether oxygens (including phenoxy) is 4. The Bertz CT molecular complexity index is 1430. The van der Waals surface area contributed by atoms with E-state index in [0.717, 1.165) is 10.3 Å². The maximum atomic E-state index is 13.7. The molecule has 1 aliphatic heterocycles. The summed E-state index contributed by atoms with van der Waals surface area (Å²) in [5.41, 5.74) is 0.317. The highest BCUT2D eigenvalue weighted by atomic mass is 32.2. The van der Waals surface area contributed by atoms with Crippen molar-refractivity contribution in [3.8, 4) is 0 Å². The third-order valence-corrected chi connectivity index (χ3v) is 5.98. The molecule has 0 unspecified atom stereocenters. The van der Waals surface area contributed by atoms with E-state index in [-0.39, 0.29) is 18.7 Å². The lowest BCUT2D eigenvalue weighted by Crippen LogP contribution is -2.36.